The number of sulfonamides is 1. The van der Waals surface area contributed by atoms with Gasteiger partial charge in [-0.05, 0) is 37.6 Å². The topological polar surface area (TPSA) is 119 Å². The minimum atomic E-state index is -3.83. The summed E-state index contributed by atoms with van der Waals surface area (Å²) in [5.74, 6) is 0.123. The second kappa shape index (κ2) is 9.37. The summed E-state index contributed by atoms with van der Waals surface area (Å²) in [5.41, 5.74) is 0.570. The highest BCUT2D eigenvalue weighted by atomic mass is 32.2. The number of hydrogen-bond donors (Lipinski definition) is 1. The highest BCUT2D eigenvalue weighted by Gasteiger charge is 2.22. The van der Waals surface area contributed by atoms with E-state index < -0.39 is 27.4 Å². The molecule has 156 valence electrons. The maximum Gasteiger partial charge on any atom is 0.271 e. The third kappa shape index (κ3) is 6.75. The summed E-state index contributed by atoms with van der Waals surface area (Å²) < 4.78 is 30.7. The second-order valence-corrected chi connectivity index (χ2v) is 8.54. The van der Waals surface area contributed by atoms with Crippen molar-refractivity contribution in [1.82, 2.24) is 5.32 Å². The molecule has 2 rings (SSSR count). The molecule has 10 heteroatoms. The predicted octanol–water partition coefficient (Wildman–Crippen LogP) is 2.46. The maximum absolute atomic E-state index is 12.3. The Labute approximate surface area is 169 Å². The highest BCUT2D eigenvalue weighted by molar-refractivity contribution is 7.92. The molecule has 0 saturated carbocycles. The molecule has 0 bridgehead atoms. The summed E-state index contributed by atoms with van der Waals surface area (Å²) in [6.45, 7) is 3.49. The molecule has 29 heavy (non-hydrogen) atoms. The molecule has 2 aromatic rings. The van der Waals surface area contributed by atoms with Gasteiger partial charge < -0.3 is 10.1 Å². The number of amides is 1. The third-order valence-electron chi connectivity index (χ3n) is 3.78. The van der Waals surface area contributed by atoms with Gasteiger partial charge in [-0.1, -0.05) is 18.2 Å². The molecule has 0 saturated heterocycles. The zero-order chi connectivity index (χ0) is 21.6. The number of nitro groups is 1. The summed E-state index contributed by atoms with van der Waals surface area (Å²) in [7, 11) is -3.83. The number of nitrogens with one attached hydrogen (secondary N) is 1. The zero-order valence-electron chi connectivity index (χ0n) is 16.4. The van der Waals surface area contributed by atoms with E-state index >= 15 is 0 Å². The van der Waals surface area contributed by atoms with Gasteiger partial charge in [-0.3, -0.25) is 19.2 Å². The van der Waals surface area contributed by atoms with E-state index in [0.717, 1.165) is 22.2 Å². The molecular formula is C19H23N3O6S. The largest absolute Gasteiger partial charge is 0.491 e. The molecule has 0 atom stereocenters. The monoisotopic (exact) mass is 421 g/mol. The maximum atomic E-state index is 12.3. The van der Waals surface area contributed by atoms with Crippen LogP contribution in [0.2, 0.25) is 0 Å². The number of nitro benzene ring substituents is 1. The Morgan fingerprint density at radius 3 is 2.52 bits per heavy atom. The molecule has 1 N–H and O–H groups in total. The average Bonchev–Trinajstić information content (AvgIpc) is 2.63. The minimum absolute atomic E-state index is 0.0121. The molecule has 0 aliphatic carbocycles. The fraction of sp³-hybridized carbons (Fsp3) is 0.316. The summed E-state index contributed by atoms with van der Waals surface area (Å²) in [6.07, 6.45) is 0.948. The van der Waals surface area contributed by atoms with Gasteiger partial charge in [0.25, 0.3) is 5.69 Å². The number of benzene rings is 2. The Bertz CT molecular complexity index is 991. The van der Waals surface area contributed by atoms with E-state index in [4.69, 9.17) is 4.74 Å². The molecule has 0 heterocycles. The van der Waals surface area contributed by atoms with Gasteiger partial charge in [0.1, 0.15) is 12.3 Å². The number of hydrogen-bond acceptors (Lipinski definition) is 6. The highest BCUT2D eigenvalue weighted by Crippen LogP contribution is 2.23. The SMILES string of the molecule is CC(C)Oc1cccc(CNC(=O)CN(c2cccc([N+](=O)[O-])c2)S(C)(=O)=O)c1. The van der Waals surface area contributed by atoms with Crippen molar-refractivity contribution in [3.8, 4) is 5.75 Å². The van der Waals surface area contributed by atoms with Crippen molar-refractivity contribution in [2.24, 2.45) is 0 Å². The van der Waals surface area contributed by atoms with Crippen LogP contribution < -0.4 is 14.4 Å². The van der Waals surface area contributed by atoms with Crippen LogP contribution >= 0.6 is 0 Å². The van der Waals surface area contributed by atoms with Crippen molar-refractivity contribution >= 4 is 27.3 Å². The van der Waals surface area contributed by atoms with Crippen molar-refractivity contribution < 1.29 is 22.9 Å². The lowest BCUT2D eigenvalue weighted by molar-refractivity contribution is -0.384. The lowest BCUT2D eigenvalue weighted by Crippen LogP contribution is -2.40. The van der Waals surface area contributed by atoms with Crippen LogP contribution in [0.4, 0.5) is 11.4 Å². The van der Waals surface area contributed by atoms with Crippen LogP contribution in [-0.2, 0) is 21.4 Å². The zero-order valence-corrected chi connectivity index (χ0v) is 17.2. The van der Waals surface area contributed by atoms with Crippen LogP contribution in [0.3, 0.4) is 0 Å². The molecule has 0 aliphatic rings. The van der Waals surface area contributed by atoms with Crippen LogP contribution in [0.25, 0.3) is 0 Å². The van der Waals surface area contributed by atoms with E-state index in [1.54, 1.807) is 18.2 Å². The lowest BCUT2D eigenvalue weighted by atomic mass is 10.2. The van der Waals surface area contributed by atoms with E-state index in [0.29, 0.717) is 5.75 Å². The number of carbonyl (C=O) groups excluding carboxylic acids is 1. The molecule has 2 aromatic carbocycles. The Morgan fingerprint density at radius 2 is 1.90 bits per heavy atom. The van der Waals surface area contributed by atoms with Crippen LogP contribution in [0.5, 0.6) is 5.75 Å². The molecule has 0 aliphatic heterocycles. The van der Waals surface area contributed by atoms with Gasteiger partial charge in [-0.15, -0.1) is 0 Å². The summed E-state index contributed by atoms with van der Waals surface area (Å²) in [6, 6.07) is 12.3. The number of rotatable bonds is 9. The van der Waals surface area contributed by atoms with Crippen molar-refractivity contribution in [3.05, 3.63) is 64.2 Å². The number of ether oxygens (including phenoxy) is 1. The quantitative estimate of drug-likeness (QED) is 0.491. The first-order valence-corrected chi connectivity index (χ1v) is 10.7. The molecule has 9 nitrogen and oxygen atoms in total. The van der Waals surface area contributed by atoms with E-state index in [1.807, 2.05) is 19.9 Å². The predicted molar refractivity (Wildman–Crippen MR) is 109 cm³/mol. The number of carbonyl (C=O) groups is 1. The smallest absolute Gasteiger partial charge is 0.271 e. The molecule has 0 aromatic heterocycles. The van der Waals surface area contributed by atoms with Crippen molar-refractivity contribution in [2.45, 2.75) is 26.5 Å². The van der Waals surface area contributed by atoms with E-state index in [-0.39, 0.29) is 24.0 Å². The van der Waals surface area contributed by atoms with Gasteiger partial charge in [-0.25, -0.2) is 8.42 Å². The molecule has 0 radical (unpaired) electrons. The van der Waals surface area contributed by atoms with Gasteiger partial charge in [-0.2, -0.15) is 0 Å². The van der Waals surface area contributed by atoms with E-state index in [2.05, 4.69) is 5.32 Å². The minimum Gasteiger partial charge on any atom is -0.491 e. The Morgan fingerprint density at radius 1 is 1.21 bits per heavy atom. The van der Waals surface area contributed by atoms with E-state index in [1.165, 1.54) is 18.2 Å². The fourth-order valence-electron chi connectivity index (χ4n) is 2.55. The molecule has 0 spiro atoms. The first-order chi connectivity index (χ1) is 13.6. The van der Waals surface area contributed by atoms with Crippen molar-refractivity contribution in [1.29, 1.82) is 0 Å². The van der Waals surface area contributed by atoms with Crippen LogP contribution in [0.15, 0.2) is 48.5 Å². The van der Waals surface area contributed by atoms with Crippen LogP contribution in [0, 0.1) is 10.1 Å². The number of non-ortho nitro benzene ring substituents is 1. The first kappa shape index (κ1) is 22.2. The molecule has 1 amide bonds. The number of nitrogens with zero attached hydrogens (tertiary/aromatic N) is 2. The summed E-state index contributed by atoms with van der Waals surface area (Å²) in [4.78, 5) is 22.7. The van der Waals surface area contributed by atoms with Gasteiger partial charge >= 0.3 is 0 Å². The first-order valence-electron chi connectivity index (χ1n) is 8.80. The second-order valence-electron chi connectivity index (χ2n) is 6.64. The van der Waals surface area contributed by atoms with Crippen molar-refractivity contribution in [3.63, 3.8) is 0 Å². The van der Waals surface area contributed by atoms with Gasteiger partial charge in [0, 0.05) is 18.7 Å². The molecule has 0 fully saturated rings. The Balaban J connectivity index is 2.10. The standard InChI is InChI=1S/C19H23N3O6S/c1-14(2)28-18-9-4-6-15(10-18)12-20-19(23)13-21(29(3,26)27)16-7-5-8-17(11-16)22(24)25/h4-11,14H,12-13H2,1-3H3,(H,20,23). The van der Waals surface area contributed by atoms with E-state index in [9.17, 15) is 23.3 Å². The van der Waals surface area contributed by atoms with Gasteiger partial charge in [0.2, 0.25) is 15.9 Å². The number of anilines is 1. The van der Waals surface area contributed by atoms with Crippen LogP contribution in [-0.4, -0.2) is 38.2 Å². The summed E-state index contributed by atoms with van der Waals surface area (Å²) >= 11 is 0. The Kier molecular flexibility index (Phi) is 7.16. The molecular weight excluding hydrogens is 398 g/mol. The average molecular weight is 421 g/mol. The van der Waals surface area contributed by atoms with Crippen LogP contribution in [0.1, 0.15) is 19.4 Å². The fourth-order valence-corrected chi connectivity index (χ4v) is 3.40. The summed E-state index contributed by atoms with van der Waals surface area (Å²) in [5, 5.41) is 13.6. The van der Waals surface area contributed by atoms with Crippen molar-refractivity contribution in [2.75, 3.05) is 17.1 Å². The van der Waals surface area contributed by atoms with Gasteiger partial charge in [0.15, 0.2) is 0 Å². The van der Waals surface area contributed by atoms with Gasteiger partial charge in [0.05, 0.1) is 23.0 Å². The normalized spacial score (nSPS) is 11.2. The third-order valence-corrected chi connectivity index (χ3v) is 4.92. The lowest BCUT2D eigenvalue weighted by Gasteiger charge is -2.21. The molecule has 0 unspecified atom stereocenters. The Hall–Kier alpha value is -3.14.